The van der Waals surface area contributed by atoms with E-state index in [-0.39, 0.29) is 49.0 Å². The number of hydrogen-bond donors (Lipinski definition) is 12. The number of nitrogens with two attached hydrogens (primary N) is 3. The predicted molar refractivity (Wildman–Crippen MR) is 253 cm³/mol. The van der Waals surface area contributed by atoms with Crippen LogP contribution in [0.3, 0.4) is 0 Å². The third-order valence-corrected chi connectivity index (χ3v) is 13.7. The molecule has 1 aromatic rings. The molecule has 10 amide bonds. The molecule has 2 fully saturated rings. The molecule has 3 unspecified atom stereocenters. The highest BCUT2D eigenvalue weighted by Gasteiger charge is 2.41. The van der Waals surface area contributed by atoms with E-state index >= 15 is 0 Å². The van der Waals surface area contributed by atoms with E-state index in [4.69, 9.17) is 17.2 Å². The number of carbonyl (C=O) groups excluding carboxylic acids is 10. The van der Waals surface area contributed by atoms with Gasteiger partial charge >= 0.3 is 5.97 Å². The van der Waals surface area contributed by atoms with Gasteiger partial charge in [0.25, 0.3) is 0 Å². The van der Waals surface area contributed by atoms with Crippen molar-refractivity contribution < 1.29 is 63.0 Å². The number of carboxylic acids is 1. The molecule has 0 aromatic heterocycles. The summed E-state index contributed by atoms with van der Waals surface area (Å²) in [5.41, 5.74) is 17.4. The van der Waals surface area contributed by atoms with Gasteiger partial charge in [0.1, 0.15) is 48.0 Å². The van der Waals surface area contributed by atoms with E-state index in [9.17, 15) is 63.0 Å². The van der Waals surface area contributed by atoms with Gasteiger partial charge in [-0.05, 0) is 55.2 Å². The first-order chi connectivity index (χ1) is 32.5. The van der Waals surface area contributed by atoms with Gasteiger partial charge in [-0.3, -0.25) is 52.7 Å². The SMILES string of the molecule is CC[C@H](C)[C@@H]1NC(=O)C(Cc2ccc(O)cc2)NC(=O)[C@@H](N)CSSCC(C(=O)N2CCC[C@H]2C(=O)N[C@@H](CC(C)C)C(=O)NCC(N)=O)NC(=O)[C@H](CC(=O)O)NC(=O)C(CCC(N)=O)NC1=O. The number of carbonyl (C=O) groups is 11. The lowest BCUT2D eigenvalue weighted by Crippen LogP contribution is -2.61. The molecular weight excluding hydrogens is 943 g/mol. The minimum Gasteiger partial charge on any atom is -0.508 e. The lowest BCUT2D eigenvalue weighted by atomic mass is 9.96. The van der Waals surface area contributed by atoms with Crippen molar-refractivity contribution in [2.75, 3.05) is 24.6 Å². The number of rotatable bonds is 17. The molecule has 9 atom stereocenters. The first kappa shape index (κ1) is 57.2. The summed E-state index contributed by atoms with van der Waals surface area (Å²) in [6.45, 7) is 6.53. The molecule has 24 nitrogen and oxygen atoms in total. The average molecular weight is 1010 g/mol. The normalized spacial score (nSPS) is 24.3. The van der Waals surface area contributed by atoms with E-state index in [1.54, 1.807) is 27.7 Å². The second-order valence-corrected chi connectivity index (χ2v) is 19.9. The molecule has 2 saturated heterocycles. The van der Waals surface area contributed by atoms with Gasteiger partial charge in [0, 0.05) is 30.9 Å². The smallest absolute Gasteiger partial charge is 0.305 e. The quantitative estimate of drug-likeness (QED) is 0.0692. The Morgan fingerprint density at radius 1 is 0.812 bits per heavy atom. The van der Waals surface area contributed by atoms with Crippen molar-refractivity contribution in [1.82, 2.24) is 42.1 Å². The minimum absolute atomic E-state index is 0.0297. The second kappa shape index (κ2) is 27.7. The van der Waals surface area contributed by atoms with Crippen LogP contribution < -0.4 is 54.4 Å². The molecule has 0 radical (unpaired) electrons. The average Bonchev–Trinajstić information content (AvgIpc) is 3.78. The summed E-state index contributed by atoms with van der Waals surface area (Å²) in [6.07, 6.45) is -1.04. The van der Waals surface area contributed by atoms with Gasteiger partial charge in [-0.2, -0.15) is 0 Å². The van der Waals surface area contributed by atoms with Crippen molar-refractivity contribution in [3.63, 3.8) is 0 Å². The molecule has 0 spiro atoms. The van der Waals surface area contributed by atoms with Crippen LogP contribution in [0.4, 0.5) is 0 Å². The van der Waals surface area contributed by atoms with Crippen LogP contribution in [0.15, 0.2) is 24.3 Å². The maximum Gasteiger partial charge on any atom is 0.305 e. The summed E-state index contributed by atoms with van der Waals surface area (Å²) in [6, 6.07) is -5.36. The summed E-state index contributed by atoms with van der Waals surface area (Å²) in [7, 11) is 2.00. The fourth-order valence-corrected chi connectivity index (χ4v) is 9.59. The van der Waals surface area contributed by atoms with Crippen molar-refractivity contribution in [2.24, 2.45) is 29.0 Å². The highest BCUT2D eigenvalue weighted by Crippen LogP contribution is 2.26. The molecule has 3 rings (SSSR count). The molecule has 2 aliphatic heterocycles. The number of aromatic hydroxyl groups is 1. The maximum atomic E-state index is 14.5. The number of amides is 10. The summed E-state index contributed by atoms with van der Waals surface area (Å²) < 4.78 is 0. The largest absolute Gasteiger partial charge is 0.508 e. The van der Waals surface area contributed by atoms with Crippen molar-refractivity contribution in [1.29, 1.82) is 0 Å². The molecule has 382 valence electrons. The Morgan fingerprint density at radius 2 is 1.42 bits per heavy atom. The second-order valence-electron chi connectivity index (χ2n) is 17.3. The lowest BCUT2D eigenvalue weighted by molar-refractivity contribution is -0.143. The number of phenols is 1. The first-order valence-electron chi connectivity index (χ1n) is 22.5. The standard InChI is InChI=1S/C43H65N11O13S2/c1-5-22(4)35-42(66)48-26(12-13-32(45)56)38(62)50-29(17-34(58)59)39(63)52-30(20-69-68-19-25(44)36(60)49-28(40(64)53-35)16-23-8-10-24(55)11-9-23)43(67)54-14-6-7-31(54)41(65)51-27(15-21(2)3)37(61)47-18-33(46)57/h8-11,21-22,25-31,35,55H,5-7,12-20,44H2,1-4H3,(H2,45,56)(H2,46,57)(H,47,61)(H,48,66)(H,49,60)(H,50,62)(H,51,65)(H,52,63)(H,53,64)(H,58,59)/t22-,25-,26?,27-,28?,29-,30?,31-,35-/m0/s1. The molecule has 2 aliphatic rings. The highest BCUT2D eigenvalue weighted by atomic mass is 33.1. The van der Waals surface area contributed by atoms with E-state index in [0.717, 1.165) is 21.6 Å². The number of primary amides is 2. The minimum atomic E-state index is -1.88. The van der Waals surface area contributed by atoms with Crippen LogP contribution in [0, 0.1) is 11.8 Å². The van der Waals surface area contributed by atoms with E-state index < -0.39 is 145 Å². The van der Waals surface area contributed by atoms with Crippen molar-refractivity contribution in [2.45, 2.75) is 127 Å². The van der Waals surface area contributed by atoms with E-state index in [0.29, 0.717) is 18.4 Å². The van der Waals surface area contributed by atoms with Crippen molar-refractivity contribution >= 4 is 86.6 Å². The third kappa shape index (κ3) is 18.7. The Labute approximate surface area is 407 Å². The van der Waals surface area contributed by atoms with Crippen molar-refractivity contribution in [3.8, 4) is 5.75 Å². The van der Waals surface area contributed by atoms with Gasteiger partial charge < -0.3 is 69.5 Å². The molecule has 69 heavy (non-hydrogen) atoms. The van der Waals surface area contributed by atoms with E-state index in [2.05, 4.69) is 37.2 Å². The van der Waals surface area contributed by atoms with Crippen LogP contribution in [0.5, 0.6) is 5.75 Å². The number of nitrogens with zero attached hydrogens (tertiary/aromatic N) is 1. The number of aliphatic carboxylic acids is 1. The number of phenolic OH excluding ortho intramolecular Hbond substituents is 1. The Bertz CT molecular complexity index is 2050. The summed E-state index contributed by atoms with van der Waals surface area (Å²) in [5.74, 6) is -11.2. The molecule has 0 bridgehead atoms. The molecule has 1 aromatic carbocycles. The third-order valence-electron chi connectivity index (χ3n) is 11.3. The molecule has 0 aliphatic carbocycles. The van der Waals surface area contributed by atoms with Crippen LogP contribution >= 0.6 is 21.6 Å². The fraction of sp³-hybridized carbons (Fsp3) is 0.605. The number of benzene rings is 1. The van der Waals surface area contributed by atoms with Crippen LogP contribution in [0.1, 0.15) is 78.2 Å². The Balaban J connectivity index is 2.05. The van der Waals surface area contributed by atoms with Gasteiger partial charge in [0.05, 0.1) is 19.0 Å². The zero-order valence-electron chi connectivity index (χ0n) is 38.9. The van der Waals surface area contributed by atoms with Gasteiger partial charge in [-0.1, -0.05) is 67.8 Å². The van der Waals surface area contributed by atoms with Crippen LogP contribution in [0.25, 0.3) is 0 Å². The van der Waals surface area contributed by atoms with E-state index in [1.807, 2.05) is 0 Å². The van der Waals surface area contributed by atoms with Gasteiger partial charge in [0.15, 0.2) is 0 Å². The molecule has 15 N–H and O–H groups in total. The zero-order valence-corrected chi connectivity index (χ0v) is 40.6. The number of likely N-dealkylation sites (tertiary alicyclic amines) is 1. The first-order valence-corrected chi connectivity index (χ1v) is 25.0. The Kier molecular flexibility index (Phi) is 23.0. The van der Waals surface area contributed by atoms with Gasteiger partial charge in [-0.15, -0.1) is 0 Å². The number of hydrogen-bond acceptors (Lipinski definition) is 15. The number of carboxylic acid groups (broad SMARTS) is 1. The Hall–Kier alpha value is -6.15. The van der Waals surface area contributed by atoms with Crippen LogP contribution in [-0.4, -0.2) is 153 Å². The topological polar surface area (TPSA) is 394 Å². The summed E-state index contributed by atoms with van der Waals surface area (Å²) >= 11 is 0. The van der Waals surface area contributed by atoms with Crippen LogP contribution in [-0.2, 0) is 59.2 Å². The van der Waals surface area contributed by atoms with Gasteiger partial charge in [0.2, 0.25) is 59.1 Å². The fourth-order valence-electron chi connectivity index (χ4n) is 7.32. The summed E-state index contributed by atoms with van der Waals surface area (Å²) in [4.78, 5) is 148. The molecular formula is C43H65N11O13S2. The molecule has 26 heteroatoms. The van der Waals surface area contributed by atoms with Crippen LogP contribution in [0.2, 0.25) is 0 Å². The molecule has 2 heterocycles. The highest BCUT2D eigenvalue weighted by molar-refractivity contribution is 8.76. The lowest BCUT2D eigenvalue weighted by Gasteiger charge is -2.31. The zero-order chi connectivity index (χ0) is 51.5. The molecule has 0 saturated carbocycles. The monoisotopic (exact) mass is 1010 g/mol. The predicted octanol–water partition coefficient (Wildman–Crippen LogP) is -3.01. The maximum absolute atomic E-state index is 14.5. The van der Waals surface area contributed by atoms with Gasteiger partial charge in [-0.25, -0.2) is 0 Å². The summed E-state index contributed by atoms with van der Waals surface area (Å²) in [5, 5.41) is 37.3. The Morgan fingerprint density at radius 3 is 2.03 bits per heavy atom. The van der Waals surface area contributed by atoms with E-state index in [1.165, 1.54) is 29.2 Å². The van der Waals surface area contributed by atoms with Crippen molar-refractivity contribution in [3.05, 3.63) is 29.8 Å². The number of nitrogens with one attached hydrogen (secondary N) is 7.